The molecule has 0 bridgehead atoms. The summed E-state index contributed by atoms with van der Waals surface area (Å²) in [6.45, 7) is 1.71. The Morgan fingerprint density at radius 1 is 1.53 bits per heavy atom. The summed E-state index contributed by atoms with van der Waals surface area (Å²) in [5.74, 6) is 0.671. The van der Waals surface area contributed by atoms with Gasteiger partial charge in [0, 0.05) is 6.07 Å². The lowest BCUT2D eigenvalue weighted by molar-refractivity contribution is -0.385. The van der Waals surface area contributed by atoms with Crippen molar-refractivity contribution in [2.75, 3.05) is 7.11 Å². The fraction of sp³-hybridized carbons (Fsp3) is 0.364. The summed E-state index contributed by atoms with van der Waals surface area (Å²) in [6, 6.07) is 6.05. The first-order valence-electron chi connectivity index (χ1n) is 4.94. The van der Waals surface area contributed by atoms with Gasteiger partial charge in [0.25, 0.3) is 5.69 Å². The van der Waals surface area contributed by atoms with Crippen LogP contribution >= 0.6 is 0 Å². The summed E-state index contributed by atoms with van der Waals surface area (Å²) in [4.78, 5) is 10.1. The predicted molar refractivity (Wildman–Crippen MR) is 60.0 cm³/mol. The molecule has 0 saturated heterocycles. The van der Waals surface area contributed by atoms with E-state index in [4.69, 9.17) is 14.7 Å². The van der Waals surface area contributed by atoms with E-state index in [-0.39, 0.29) is 24.0 Å². The Morgan fingerprint density at radius 2 is 2.24 bits per heavy atom. The minimum atomic E-state index is -0.513. The number of ether oxygens (including phenoxy) is 2. The average molecular weight is 236 g/mol. The van der Waals surface area contributed by atoms with E-state index in [9.17, 15) is 10.1 Å². The second-order valence-electron chi connectivity index (χ2n) is 3.38. The molecule has 0 saturated carbocycles. The van der Waals surface area contributed by atoms with Crippen molar-refractivity contribution in [1.29, 1.82) is 5.26 Å². The highest BCUT2D eigenvalue weighted by molar-refractivity contribution is 5.48. The molecule has 0 aromatic heterocycles. The maximum Gasteiger partial charge on any atom is 0.273 e. The molecule has 1 unspecified atom stereocenters. The molecule has 1 rings (SSSR count). The zero-order valence-corrected chi connectivity index (χ0v) is 9.54. The molecule has 1 aromatic carbocycles. The Hall–Kier alpha value is -2.29. The number of nitro benzene ring substituents is 1. The number of benzene rings is 1. The topological polar surface area (TPSA) is 85.4 Å². The predicted octanol–water partition coefficient (Wildman–Crippen LogP) is 2.28. The van der Waals surface area contributed by atoms with Crippen molar-refractivity contribution in [1.82, 2.24) is 0 Å². The van der Waals surface area contributed by atoms with Gasteiger partial charge in [0.05, 0.1) is 30.6 Å². The van der Waals surface area contributed by atoms with Gasteiger partial charge in [-0.1, -0.05) is 0 Å². The van der Waals surface area contributed by atoms with Crippen LogP contribution in [0.1, 0.15) is 13.3 Å². The van der Waals surface area contributed by atoms with Crippen molar-refractivity contribution < 1.29 is 14.4 Å². The Morgan fingerprint density at radius 3 is 2.76 bits per heavy atom. The number of methoxy groups -OCH3 is 1. The van der Waals surface area contributed by atoms with Gasteiger partial charge in [-0.05, 0) is 13.0 Å². The smallest absolute Gasteiger partial charge is 0.273 e. The lowest BCUT2D eigenvalue weighted by atomic mass is 10.2. The number of nitrogens with zero attached hydrogens (tertiary/aromatic N) is 2. The first-order valence-corrected chi connectivity index (χ1v) is 4.94. The van der Waals surface area contributed by atoms with Crippen LogP contribution in [0.2, 0.25) is 0 Å². The maximum atomic E-state index is 10.6. The van der Waals surface area contributed by atoms with Crippen LogP contribution in [-0.2, 0) is 0 Å². The molecule has 6 nitrogen and oxygen atoms in total. The fourth-order valence-electron chi connectivity index (χ4n) is 1.26. The SMILES string of the molecule is COc1ccc([N+](=O)[O-])cc1OC(C)CC#N. The van der Waals surface area contributed by atoms with Crippen LogP contribution in [0.3, 0.4) is 0 Å². The number of non-ortho nitro benzene ring substituents is 1. The summed E-state index contributed by atoms with van der Waals surface area (Å²) in [5.41, 5.74) is -0.0787. The van der Waals surface area contributed by atoms with Gasteiger partial charge >= 0.3 is 0 Å². The minimum Gasteiger partial charge on any atom is -0.493 e. The zero-order valence-electron chi connectivity index (χ0n) is 9.54. The average Bonchev–Trinajstić information content (AvgIpc) is 2.29. The minimum absolute atomic E-state index is 0.0787. The lowest BCUT2D eigenvalue weighted by Gasteiger charge is -2.14. The molecule has 0 spiro atoms. The maximum absolute atomic E-state index is 10.6. The Balaban J connectivity index is 2.98. The van der Waals surface area contributed by atoms with Gasteiger partial charge in [-0.25, -0.2) is 0 Å². The lowest BCUT2D eigenvalue weighted by Crippen LogP contribution is -2.11. The van der Waals surface area contributed by atoms with Crippen LogP contribution in [0.15, 0.2) is 18.2 Å². The van der Waals surface area contributed by atoms with Crippen LogP contribution in [0.25, 0.3) is 0 Å². The first-order chi connectivity index (χ1) is 8.08. The molecule has 17 heavy (non-hydrogen) atoms. The Kier molecular flexibility index (Phi) is 4.29. The summed E-state index contributed by atoms with van der Waals surface area (Å²) in [6.07, 6.45) is -0.151. The molecule has 0 aliphatic rings. The normalized spacial score (nSPS) is 11.4. The summed E-state index contributed by atoms with van der Waals surface area (Å²) in [7, 11) is 1.45. The number of rotatable bonds is 5. The van der Waals surface area contributed by atoms with Crippen molar-refractivity contribution in [3.05, 3.63) is 28.3 Å². The quantitative estimate of drug-likeness (QED) is 0.578. The molecule has 0 amide bonds. The van der Waals surface area contributed by atoms with E-state index in [1.54, 1.807) is 6.92 Å². The molecule has 0 aliphatic carbocycles. The number of hydrogen-bond acceptors (Lipinski definition) is 5. The van der Waals surface area contributed by atoms with Gasteiger partial charge in [-0.15, -0.1) is 0 Å². The van der Waals surface area contributed by atoms with Crippen molar-refractivity contribution in [2.45, 2.75) is 19.4 Å². The number of hydrogen-bond donors (Lipinski definition) is 0. The molecule has 0 aliphatic heterocycles. The number of nitriles is 1. The second kappa shape index (κ2) is 5.70. The molecule has 0 N–H and O–H groups in total. The molecule has 0 radical (unpaired) electrons. The summed E-state index contributed by atoms with van der Waals surface area (Å²) < 4.78 is 10.4. The van der Waals surface area contributed by atoms with Crippen molar-refractivity contribution in [3.63, 3.8) is 0 Å². The van der Waals surface area contributed by atoms with E-state index in [1.807, 2.05) is 6.07 Å². The van der Waals surface area contributed by atoms with Gasteiger partial charge in [-0.2, -0.15) is 5.26 Å². The van der Waals surface area contributed by atoms with E-state index in [0.29, 0.717) is 5.75 Å². The van der Waals surface area contributed by atoms with Gasteiger partial charge in [0.2, 0.25) is 0 Å². The third kappa shape index (κ3) is 3.34. The summed E-state index contributed by atoms with van der Waals surface area (Å²) >= 11 is 0. The largest absolute Gasteiger partial charge is 0.493 e. The molecule has 0 heterocycles. The van der Waals surface area contributed by atoms with Crippen molar-refractivity contribution in [3.8, 4) is 17.6 Å². The first kappa shape index (κ1) is 12.8. The fourth-order valence-corrected chi connectivity index (χ4v) is 1.26. The van der Waals surface area contributed by atoms with Gasteiger partial charge < -0.3 is 9.47 Å². The third-order valence-corrected chi connectivity index (χ3v) is 2.06. The van der Waals surface area contributed by atoms with E-state index in [2.05, 4.69) is 0 Å². The highest BCUT2D eigenvalue weighted by atomic mass is 16.6. The monoisotopic (exact) mass is 236 g/mol. The third-order valence-electron chi connectivity index (χ3n) is 2.06. The highest BCUT2D eigenvalue weighted by Crippen LogP contribution is 2.32. The van der Waals surface area contributed by atoms with Crippen molar-refractivity contribution >= 4 is 5.69 Å². The van der Waals surface area contributed by atoms with Crippen LogP contribution in [0.5, 0.6) is 11.5 Å². The molecule has 6 heteroatoms. The molecular weight excluding hydrogens is 224 g/mol. The van der Waals surface area contributed by atoms with Crippen LogP contribution < -0.4 is 9.47 Å². The Bertz CT molecular complexity index is 453. The zero-order chi connectivity index (χ0) is 12.8. The van der Waals surface area contributed by atoms with Gasteiger partial charge in [-0.3, -0.25) is 10.1 Å². The van der Waals surface area contributed by atoms with E-state index in [1.165, 1.54) is 25.3 Å². The van der Waals surface area contributed by atoms with Crippen LogP contribution in [0, 0.1) is 21.4 Å². The van der Waals surface area contributed by atoms with E-state index >= 15 is 0 Å². The molecule has 1 aromatic rings. The molecular formula is C11H12N2O4. The second-order valence-corrected chi connectivity index (χ2v) is 3.38. The van der Waals surface area contributed by atoms with Crippen LogP contribution in [-0.4, -0.2) is 18.1 Å². The van der Waals surface area contributed by atoms with Crippen LogP contribution in [0.4, 0.5) is 5.69 Å². The highest BCUT2D eigenvalue weighted by Gasteiger charge is 2.14. The van der Waals surface area contributed by atoms with E-state index < -0.39 is 4.92 Å². The summed E-state index contributed by atoms with van der Waals surface area (Å²) in [5, 5.41) is 19.1. The van der Waals surface area contributed by atoms with E-state index in [0.717, 1.165) is 0 Å². The molecule has 1 atom stereocenters. The molecule has 90 valence electrons. The Labute approximate surface area is 98.5 Å². The molecule has 0 fully saturated rings. The van der Waals surface area contributed by atoms with Gasteiger partial charge in [0.15, 0.2) is 11.5 Å². The van der Waals surface area contributed by atoms with Gasteiger partial charge in [0.1, 0.15) is 6.10 Å². The standard InChI is InChI=1S/C11H12N2O4/c1-8(5-6-12)17-11-7-9(13(14)15)3-4-10(11)16-2/h3-4,7-8H,5H2,1-2H3. The number of nitro groups is 1. The van der Waals surface area contributed by atoms with Crippen molar-refractivity contribution in [2.24, 2.45) is 0 Å².